The largest absolute Gasteiger partial charge is 0.479 e. The van der Waals surface area contributed by atoms with Gasteiger partial charge in [-0.15, -0.1) is 0 Å². The minimum atomic E-state index is -1.75. The Morgan fingerprint density at radius 3 is 2.88 bits per heavy atom. The molecule has 2 rings (SSSR count). The normalized spacial score (nSPS) is 14.9. The van der Waals surface area contributed by atoms with E-state index in [-0.39, 0.29) is 29.4 Å². The van der Waals surface area contributed by atoms with E-state index < -0.39 is 18.7 Å². The van der Waals surface area contributed by atoms with Crippen LogP contribution in [-0.2, 0) is 11.5 Å². The fourth-order valence-corrected chi connectivity index (χ4v) is 1.51. The minimum absolute atomic E-state index is 0.00940. The fourth-order valence-electron chi connectivity index (χ4n) is 1.51. The summed E-state index contributed by atoms with van der Waals surface area (Å²) in [5.41, 5.74) is 0.245. The van der Waals surface area contributed by atoms with Crippen molar-refractivity contribution in [1.82, 2.24) is 0 Å². The highest BCUT2D eigenvalue weighted by atomic mass is 19.1. The van der Waals surface area contributed by atoms with Crippen LogP contribution in [0.5, 0.6) is 11.5 Å². The first-order valence-corrected chi connectivity index (χ1v) is 4.52. The molecule has 0 bridgehead atoms. The third-order valence-corrected chi connectivity index (χ3v) is 2.24. The molecule has 0 fully saturated rings. The number of carbonyl (C=O) groups is 1. The van der Waals surface area contributed by atoms with Crippen molar-refractivity contribution in [2.24, 2.45) is 0 Å². The summed E-state index contributed by atoms with van der Waals surface area (Å²) in [4.78, 5) is 10.7. The maximum atomic E-state index is 12.5. The van der Waals surface area contributed by atoms with Gasteiger partial charge in [0.05, 0.1) is 0 Å². The van der Waals surface area contributed by atoms with Crippen molar-refractivity contribution >= 4 is 5.97 Å². The Hall–Kier alpha value is -1.82. The smallest absolute Gasteiger partial charge is 0.337 e. The molecule has 86 valence electrons. The summed E-state index contributed by atoms with van der Waals surface area (Å²) in [5, 5.41) is 18.1. The molecular formula is C10H9FO5. The molecule has 0 spiro atoms. The fraction of sp³-hybridized carbons (Fsp3) is 0.300. The zero-order chi connectivity index (χ0) is 11.7. The van der Waals surface area contributed by atoms with Gasteiger partial charge in [0.25, 0.3) is 0 Å². The predicted molar refractivity (Wildman–Crippen MR) is 50.0 cm³/mol. The van der Waals surface area contributed by atoms with Crippen LogP contribution in [0.2, 0.25) is 0 Å². The van der Waals surface area contributed by atoms with Crippen LogP contribution in [0.3, 0.4) is 0 Å². The van der Waals surface area contributed by atoms with E-state index in [9.17, 15) is 14.3 Å². The van der Waals surface area contributed by atoms with Crippen molar-refractivity contribution in [2.45, 2.75) is 12.8 Å². The number of hydrogen-bond donors (Lipinski definition) is 2. The van der Waals surface area contributed by atoms with Crippen LogP contribution in [-0.4, -0.2) is 23.0 Å². The van der Waals surface area contributed by atoms with E-state index in [1.54, 1.807) is 0 Å². The number of fused-ring (bicyclic) bond motifs is 1. The van der Waals surface area contributed by atoms with Gasteiger partial charge >= 0.3 is 5.97 Å². The lowest BCUT2D eigenvalue weighted by Crippen LogP contribution is -2.11. The topological polar surface area (TPSA) is 76.0 Å². The summed E-state index contributed by atoms with van der Waals surface area (Å²) in [6, 6.07) is 2.67. The standard InChI is InChI=1S/C10H9FO5/c11-3-5-1-6(8(12)10(13)14)9-7(2-5)15-4-16-9/h1-2,8,12H,3-4H2,(H,13,14). The average Bonchev–Trinajstić information content (AvgIpc) is 2.74. The van der Waals surface area contributed by atoms with E-state index >= 15 is 0 Å². The molecule has 1 aromatic carbocycles. The summed E-state index contributed by atoms with van der Waals surface area (Å²) >= 11 is 0. The molecule has 1 aromatic rings. The van der Waals surface area contributed by atoms with Crippen LogP contribution in [0.25, 0.3) is 0 Å². The van der Waals surface area contributed by atoms with Crippen molar-refractivity contribution in [3.05, 3.63) is 23.3 Å². The van der Waals surface area contributed by atoms with Crippen molar-refractivity contribution in [3.63, 3.8) is 0 Å². The van der Waals surface area contributed by atoms with E-state index in [0.717, 1.165) is 0 Å². The third-order valence-electron chi connectivity index (χ3n) is 2.24. The molecule has 1 atom stereocenters. The van der Waals surface area contributed by atoms with Crippen LogP contribution < -0.4 is 9.47 Å². The first-order valence-electron chi connectivity index (χ1n) is 4.52. The third kappa shape index (κ3) is 1.67. The van der Waals surface area contributed by atoms with Gasteiger partial charge in [-0.25, -0.2) is 9.18 Å². The Bertz CT molecular complexity index is 431. The molecule has 1 heterocycles. The quantitative estimate of drug-likeness (QED) is 0.807. The van der Waals surface area contributed by atoms with Crippen LogP contribution in [0.1, 0.15) is 17.2 Å². The molecular weight excluding hydrogens is 219 g/mol. The number of carboxylic acids is 1. The van der Waals surface area contributed by atoms with Gasteiger partial charge in [-0.1, -0.05) is 0 Å². The van der Waals surface area contributed by atoms with Gasteiger partial charge in [0, 0.05) is 5.56 Å². The molecule has 1 aliphatic rings. The zero-order valence-electron chi connectivity index (χ0n) is 8.14. The Labute approximate surface area is 90.0 Å². The number of benzene rings is 1. The van der Waals surface area contributed by atoms with E-state index in [1.807, 2.05) is 0 Å². The Kier molecular flexibility index (Phi) is 2.66. The Morgan fingerprint density at radius 2 is 2.25 bits per heavy atom. The maximum Gasteiger partial charge on any atom is 0.337 e. The summed E-state index contributed by atoms with van der Waals surface area (Å²) < 4.78 is 22.6. The van der Waals surface area contributed by atoms with Crippen LogP contribution in [0.4, 0.5) is 4.39 Å². The van der Waals surface area contributed by atoms with Gasteiger partial charge < -0.3 is 19.7 Å². The zero-order valence-corrected chi connectivity index (χ0v) is 8.14. The number of aliphatic hydroxyl groups excluding tert-OH is 1. The van der Waals surface area contributed by atoms with Crippen LogP contribution in [0, 0.1) is 0 Å². The summed E-state index contributed by atoms with van der Waals surface area (Å²) in [6.45, 7) is -0.833. The van der Waals surface area contributed by atoms with E-state index in [4.69, 9.17) is 14.6 Å². The Balaban J connectivity index is 2.50. The maximum absolute atomic E-state index is 12.5. The van der Waals surface area contributed by atoms with Gasteiger partial charge in [-0.2, -0.15) is 0 Å². The number of ether oxygens (including phenoxy) is 2. The van der Waals surface area contributed by atoms with Gasteiger partial charge in [-0.3, -0.25) is 0 Å². The highest BCUT2D eigenvalue weighted by Crippen LogP contribution is 2.40. The lowest BCUT2D eigenvalue weighted by atomic mass is 10.0. The molecule has 16 heavy (non-hydrogen) atoms. The van der Waals surface area contributed by atoms with E-state index in [2.05, 4.69) is 0 Å². The molecule has 0 aliphatic carbocycles. The van der Waals surface area contributed by atoms with Crippen molar-refractivity contribution in [2.75, 3.05) is 6.79 Å². The Morgan fingerprint density at radius 1 is 1.50 bits per heavy atom. The molecule has 6 heteroatoms. The second-order valence-electron chi connectivity index (χ2n) is 3.29. The van der Waals surface area contributed by atoms with E-state index in [1.165, 1.54) is 12.1 Å². The first kappa shape index (κ1) is 10.7. The number of hydrogen-bond acceptors (Lipinski definition) is 4. The highest BCUT2D eigenvalue weighted by Gasteiger charge is 2.27. The first-order chi connectivity index (χ1) is 7.63. The van der Waals surface area contributed by atoms with Crippen molar-refractivity contribution in [3.8, 4) is 11.5 Å². The lowest BCUT2D eigenvalue weighted by Gasteiger charge is -2.10. The summed E-state index contributed by atoms with van der Waals surface area (Å²) in [7, 11) is 0. The molecule has 0 saturated heterocycles. The van der Waals surface area contributed by atoms with Crippen molar-refractivity contribution < 1.29 is 28.9 Å². The SMILES string of the molecule is O=C(O)C(O)c1cc(CF)cc2c1OCO2. The summed E-state index contributed by atoms with van der Waals surface area (Å²) in [6.07, 6.45) is -1.75. The predicted octanol–water partition coefficient (Wildman–Crippen LogP) is 1.00. The lowest BCUT2D eigenvalue weighted by molar-refractivity contribution is -0.147. The number of alkyl halides is 1. The molecule has 0 aromatic heterocycles. The number of carboxylic acid groups (broad SMARTS) is 1. The van der Waals surface area contributed by atoms with Crippen LogP contribution >= 0.6 is 0 Å². The van der Waals surface area contributed by atoms with Crippen molar-refractivity contribution in [1.29, 1.82) is 0 Å². The molecule has 0 saturated carbocycles. The minimum Gasteiger partial charge on any atom is -0.479 e. The van der Waals surface area contributed by atoms with Gasteiger partial charge in [0.15, 0.2) is 17.6 Å². The number of aliphatic hydroxyl groups is 1. The summed E-state index contributed by atoms with van der Waals surface area (Å²) in [5.74, 6) is -1.01. The van der Waals surface area contributed by atoms with Crippen LogP contribution in [0.15, 0.2) is 12.1 Å². The molecule has 5 nitrogen and oxygen atoms in total. The average molecular weight is 228 g/mol. The van der Waals surface area contributed by atoms with Gasteiger partial charge in [0.2, 0.25) is 6.79 Å². The molecule has 1 unspecified atom stereocenters. The second kappa shape index (κ2) is 3.97. The van der Waals surface area contributed by atoms with Gasteiger partial charge in [-0.05, 0) is 17.7 Å². The second-order valence-corrected chi connectivity index (χ2v) is 3.29. The number of halogens is 1. The number of aliphatic carboxylic acids is 1. The molecule has 0 radical (unpaired) electrons. The van der Waals surface area contributed by atoms with Gasteiger partial charge in [0.1, 0.15) is 6.67 Å². The monoisotopic (exact) mass is 228 g/mol. The molecule has 1 aliphatic heterocycles. The number of rotatable bonds is 3. The van der Waals surface area contributed by atoms with E-state index in [0.29, 0.717) is 0 Å². The molecule has 2 N–H and O–H groups in total. The highest BCUT2D eigenvalue weighted by molar-refractivity contribution is 5.76. The molecule has 0 amide bonds.